The number of carbonyl (C=O) groups excluding carboxylic acids is 2. The van der Waals surface area contributed by atoms with Crippen LogP contribution in [0, 0.1) is 0 Å². The van der Waals surface area contributed by atoms with Crippen molar-refractivity contribution in [3.63, 3.8) is 0 Å². The number of hydrogen-bond acceptors (Lipinski definition) is 5. The molecule has 1 N–H and O–H groups in total. The van der Waals surface area contributed by atoms with Crippen molar-refractivity contribution in [1.82, 2.24) is 0 Å². The Morgan fingerprint density at radius 3 is 2.41 bits per heavy atom. The summed E-state index contributed by atoms with van der Waals surface area (Å²) < 4.78 is 11.7. The monoisotopic (exact) mass is 381 g/mol. The summed E-state index contributed by atoms with van der Waals surface area (Å²) in [6, 6.07) is 6.78. The van der Waals surface area contributed by atoms with Crippen molar-refractivity contribution >= 4 is 44.6 Å². The minimum atomic E-state index is -0.269. The molecule has 0 fully saturated rings. The van der Waals surface area contributed by atoms with Crippen LogP contribution in [0.3, 0.4) is 0 Å². The first-order chi connectivity index (χ1) is 10.5. The molecule has 22 heavy (non-hydrogen) atoms. The summed E-state index contributed by atoms with van der Waals surface area (Å²) in [7, 11) is 0. The van der Waals surface area contributed by atoms with Gasteiger partial charge >= 0.3 is 0 Å². The predicted molar refractivity (Wildman–Crippen MR) is 87.4 cm³/mol. The van der Waals surface area contributed by atoms with Gasteiger partial charge in [0.15, 0.2) is 17.3 Å². The van der Waals surface area contributed by atoms with Gasteiger partial charge in [0, 0.05) is 16.6 Å². The minimum absolute atomic E-state index is 0.0513. The maximum absolute atomic E-state index is 12.3. The molecule has 0 bridgehead atoms. The molecular weight excluding hydrogens is 370 g/mol. The van der Waals surface area contributed by atoms with E-state index >= 15 is 0 Å². The fourth-order valence-electron chi connectivity index (χ4n) is 1.99. The number of hydrogen-bond donors (Lipinski definition) is 1. The molecule has 7 heteroatoms. The van der Waals surface area contributed by atoms with Crippen LogP contribution in [0.1, 0.15) is 26.3 Å². The van der Waals surface area contributed by atoms with E-state index in [1.165, 1.54) is 18.3 Å². The van der Waals surface area contributed by atoms with Crippen molar-refractivity contribution in [2.75, 3.05) is 18.5 Å². The van der Waals surface area contributed by atoms with Gasteiger partial charge in [-0.1, -0.05) is 0 Å². The topological polar surface area (TPSA) is 64.6 Å². The molecule has 1 aliphatic heterocycles. The number of ether oxygens (including phenoxy) is 2. The Kier molecular flexibility index (Phi) is 4.17. The molecule has 0 radical (unpaired) electrons. The summed E-state index contributed by atoms with van der Waals surface area (Å²) in [5, 5.41) is 2.81. The number of ketones is 1. The van der Waals surface area contributed by atoms with E-state index in [1.807, 2.05) is 0 Å². The van der Waals surface area contributed by atoms with Gasteiger partial charge in [-0.25, -0.2) is 0 Å². The summed E-state index contributed by atoms with van der Waals surface area (Å²) in [6.45, 7) is 2.47. The number of halogens is 1. The van der Waals surface area contributed by atoms with Gasteiger partial charge in [-0.15, -0.1) is 11.3 Å². The van der Waals surface area contributed by atoms with E-state index in [1.54, 1.807) is 24.3 Å². The molecule has 1 aliphatic rings. The molecule has 1 aromatic carbocycles. The highest BCUT2D eigenvalue weighted by atomic mass is 79.9. The van der Waals surface area contributed by atoms with E-state index < -0.39 is 0 Å². The molecule has 114 valence electrons. The van der Waals surface area contributed by atoms with E-state index in [4.69, 9.17) is 9.47 Å². The van der Waals surface area contributed by atoms with Crippen molar-refractivity contribution in [2.45, 2.75) is 6.92 Å². The van der Waals surface area contributed by atoms with Gasteiger partial charge in [0.05, 0.1) is 15.4 Å². The molecule has 3 rings (SSSR count). The van der Waals surface area contributed by atoms with Crippen molar-refractivity contribution in [1.29, 1.82) is 0 Å². The molecule has 5 nitrogen and oxygen atoms in total. The van der Waals surface area contributed by atoms with Gasteiger partial charge in [-0.3, -0.25) is 9.59 Å². The molecule has 1 aromatic heterocycles. The van der Waals surface area contributed by atoms with Crippen LogP contribution in [0.4, 0.5) is 5.69 Å². The Labute approximate surface area is 139 Å². The summed E-state index contributed by atoms with van der Waals surface area (Å²) in [6.07, 6.45) is 0. The van der Waals surface area contributed by atoms with Crippen molar-refractivity contribution in [3.8, 4) is 11.5 Å². The molecule has 0 aliphatic carbocycles. The molecule has 0 saturated heterocycles. The number of nitrogens with one attached hydrogen (secondary N) is 1. The van der Waals surface area contributed by atoms with Gasteiger partial charge in [0.25, 0.3) is 5.91 Å². The number of Topliss-reactive ketones (excluding diaryl/α,β-unsaturated/α-hetero) is 1. The summed E-state index contributed by atoms with van der Waals surface area (Å²) in [5.41, 5.74) is 0.590. The molecule has 0 atom stereocenters. The normalized spacial score (nSPS) is 12.8. The molecule has 0 saturated carbocycles. The second kappa shape index (κ2) is 6.10. The molecule has 1 amide bonds. The zero-order valence-electron chi connectivity index (χ0n) is 11.6. The second-order valence-electron chi connectivity index (χ2n) is 4.65. The predicted octanol–water partition coefficient (Wildman–Crippen LogP) is 3.74. The Balaban J connectivity index is 1.82. The zero-order valence-corrected chi connectivity index (χ0v) is 14.0. The van der Waals surface area contributed by atoms with Gasteiger partial charge < -0.3 is 14.8 Å². The fourth-order valence-corrected chi connectivity index (χ4v) is 3.21. The van der Waals surface area contributed by atoms with Crippen molar-refractivity contribution in [2.24, 2.45) is 0 Å². The summed E-state index contributed by atoms with van der Waals surface area (Å²) in [5.74, 6) is 0.922. The number of benzene rings is 1. The number of fused-ring (bicyclic) bond motifs is 1. The lowest BCUT2D eigenvalue weighted by Crippen LogP contribution is -2.16. The highest BCUT2D eigenvalue weighted by Crippen LogP contribution is 2.38. The quantitative estimate of drug-likeness (QED) is 0.822. The van der Waals surface area contributed by atoms with Crippen LogP contribution in [-0.4, -0.2) is 24.9 Å². The van der Waals surface area contributed by atoms with Crippen LogP contribution < -0.4 is 14.8 Å². The third-order valence-electron chi connectivity index (χ3n) is 3.06. The van der Waals surface area contributed by atoms with E-state index in [9.17, 15) is 9.59 Å². The maximum atomic E-state index is 12.3. The van der Waals surface area contributed by atoms with E-state index in [2.05, 4.69) is 21.2 Å². The van der Waals surface area contributed by atoms with E-state index in [0.717, 1.165) is 0 Å². The van der Waals surface area contributed by atoms with Gasteiger partial charge in [-0.2, -0.15) is 0 Å². The smallest absolute Gasteiger partial charge is 0.265 e. The van der Waals surface area contributed by atoms with Crippen molar-refractivity contribution in [3.05, 3.63) is 38.5 Å². The largest absolute Gasteiger partial charge is 0.486 e. The lowest BCUT2D eigenvalue weighted by molar-refractivity contribution is 0.101. The third-order valence-corrected chi connectivity index (χ3v) is 4.90. The zero-order chi connectivity index (χ0) is 15.7. The summed E-state index contributed by atoms with van der Waals surface area (Å²) in [4.78, 5) is 24.6. The number of amides is 1. The third kappa shape index (κ3) is 3.00. The SMILES string of the molecule is CC(=O)c1ccc(C(=O)Nc2cc3c(cc2Br)OCCO3)s1. The van der Waals surface area contributed by atoms with Gasteiger partial charge in [-0.05, 0) is 35.0 Å². The van der Waals surface area contributed by atoms with Crippen LogP contribution in [0.5, 0.6) is 11.5 Å². The van der Waals surface area contributed by atoms with E-state index in [0.29, 0.717) is 44.6 Å². The number of anilines is 1. The number of thiophene rings is 1. The highest BCUT2D eigenvalue weighted by Gasteiger charge is 2.17. The van der Waals surface area contributed by atoms with Gasteiger partial charge in [0.1, 0.15) is 13.2 Å². The molecule has 2 aromatic rings. The van der Waals surface area contributed by atoms with Gasteiger partial charge in [0.2, 0.25) is 0 Å². The Morgan fingerprint density at radius 1 is 1.14 bits per heavy atom. The second-order valence-corrected chi connectivity index (χ2v) is 6.59. The highest BCUT2D eigenvalue weighted by molar-refractivity contribution is 9.10. The first-order valence-corrected chi connectivity index (χ1v) is 8.17. The Bertz CT molecular complexity index is 756. The number of carbonyl (C=O) groups is 2. The molecule has 0 unspecified atom stereocenters. The minimum Gasteiger partial charge on any atom is -0.486 e. The fraction of sp³-hybridized carbons (Fsp3) is 0.200. The van der Waals surface area contributed by atoms with Crippen LogP contribution in [0.2, 0.25) is 0 Å². The van der Waals surface area contributed by atoms with E-state index in [-0.39, 0.29) is 11.7 Å². The average Bonchev–Trinajstić information content (AvgIpc) is 2.98. The standard InChI is InChI=1S/C15H12BrNO4S/c1-8(18)13-2-3-14(22-13)15(19)17-10-7-12-11(6-9(10)16)20-4-5-21-12/h2-3,6-7H,4-5H2,1H3,(H,17,19). The van der Waals surface area contributed by atoms with Crippen LogP contribution in [0.15, 0.2) is 28.7 Å². The Morgan fingerprint density at radius 2 is 1.77 bits per heavy atom. The maximum Gasteiger partial charge on any atom is 0.265 e. The molecular formula is C15H12BrNO4S. The lowest BCUT2D eigenvalue weighted by atomic mass is 10.2. The van der Waals surface area contributed by atoms with Crippen LogP contribution in [-0.2, 0) is 0 Å². The summed E-state index contributed by atoms with van der Waals surface area (Å²) >= 11 is 4.57. The molecule has 2 heterocycles. The average molecular weight is 382 g/mol. The van der Waals surface area contributed by atoms with Crippen LogP contribution >= 0.6 is 27.3 Å². The number of rotatable bonds is 3. The first-order valence-electron chi connectivity index (χ1n) is 6.56. The van der Waals surface area contributed by atoms with Crippen molar-refractivity contribution < 1.29 is 19.1 Å². The Hall–Kier alpha value is -1.86. The molecule has 0 spiro atoms. The first kappa shape index (κ1) is 15.1. The van der Waals surface area contributed by atoms with Crippen LogP contribution in [0.25, 0.3) is 0 Å². The lowest BCUT2D eigenvalue weighted by Gasteiger charge is -2.20.